The van der Waals surface area contributed by atoms with Gasteiger partial charge in [0, 0.05) is 38.7 Å². The summed E-state index contributed by atoms with van der Waals surface area (Å²) >= 11 is 0. The van der Waals surface area contributed by atoms with E-state index in [1.807, 2.05) is 29.2 Å². The number of carbonyl (C=O) groups excluding carboxylic acids is 2. The molecule has 2 rings (SSSR count). The molecule has 1 aromatic carbocycles. The summed E-state index contributed by atoms with van der Waals surface area (Å²) in [7, 11) is 0. The maximum Gasteiger partial charge on any atom is 0.254 e. The van der Waals surface area contributed by atoms with E-state index in [1.54, 1.807) is 11.8 Å². The van der Waals surface area contributed by atoms with Crippen LogP contribution in [0.15, 0.2) is 24.3 Å². The first-order valence-electron chi connectivity index (χ1n) is 7.46. The zero-order valence-corrected chi connectivity index (χ0v) is 12.5. The number of hydrogen-bond donors (Lipinski definition) is 1. The van der Waals surface area contributed by atoms with Crippen LogP contribution in [0.2, 0.25) is 0 Å². The maximum absolute atomic E-state index is 12.7. The molecule has 1 aliphatic rings. The van der Waals surface area contributed by atoms with Gasteiger partial charge < -0.3 is 15.5 Å². The zero-order chi connectivity index (χ0) is 15.2. The largest absolute Gasteiger partial charge is 0.341 e. The van der Waals surface area contributed by atoms with Crippen molar-refractivity contribution in [3.05, 3.63) is 35.4 Å². The van der Waals surface area contributed by atoms with Crippen LogP contribution >= 0.6 is 0 Å². The van der Waals surface area contributed by atoms with Gasteiger partial charge in [-0.25, -0.2) is 0 Å². The zero-order valence-electron chi connectivity index (χ0n) is 12.5. The lowest BCUT2D eigenvalue weighted by Gasteiger charge is -2.22. The van der Waals surface area contributed by atoms with E-state index in [2.05, 4.69) is 0 Å². The Kier molecular flexibility index (Phi) is 5.33. The molecule has 5 heteroatoms. The van der Waals surface area contributed by atoms with Gasteiger partial charge in [0.15, 0.2) is 0 Å². The van der Waals surface area contributed by atoms with E-state index in [1.165, 1.54) is 0 Å². The van der Waals surface area contributed by atoms with Crippen molar-refractivity contribution < 1.29 is 9.59 Å². The molecule has 2 amide bonds. The highest BCUT2D eigenvalue weighted by molar-refractivity contribution is 5.95. The molecule has 0 atom stereocenters. The van der Waals surface area contributed by atoms with Gasteiger partial charge in [0.2, 0.25) is 5.91 Å². The van der Waals surface area contributed by atoms with E-state index in [0.29, 0.717) is 32.6 Å². The number of amides is 2. The number of nitrogens with zero attached hydrogens (tertiary/aromatic N) is 2. The Labute approximate surface area is 125 Å². The van der Waals surface area contributed by atoms with E-state index in [-0.39, 0.29) is 11.8 Å². The number of benzene rings is 1. The predicted molar refractivity (Wildman–Crippen MR) is 82.0 cm³/mol. The maximum atomic E-state index is 12.7. The fourth-order valence-corrected chi connectivity index (χ4v) is 2.71. The van der Waals surface area contributed by atoms with Crippen molar-refractivity contribution >= 4 is 11.8 Å². The fourth-order valence-electron chi connectivity index (χ4n) is 2.71. The second-order valence-electron chi connectivity index (χ2n) is 5.35. The summed E-state index contributed by atoms with van der Waals surface area (Å²) in [5, 5.41) is 0. The molecule has 1 heterocycles. The SMILES string of the molecule is CC(=O)N1CCCN(C(=O)c2ccccc2CCN)CC1. The molecule has 0 radical (unpaired) electrons. The molecule has 0 aliphatic carbocycles. The average molecular weight is 289 g/mol. The summed E-state index contributed by atoms with van der Waals surface area (Å²) < 4.78 is 0. The Balaban J connectivity index is 2.11. The van der Waals surface area contributed by atoms with E-state index >= 15 is 0 Å². The molecular weight excluding hydrogens is 266 g/mol. The standard InChI is InChI=1S/C16H23N3O2/c1-13(20)18-9-4-10-19(12-11-18)16(21)15-6-3-2-5-14(15)7-8-17/h2-3,5-6H,4,7-12,17H2,1H3. The highest BCUT2D eigenvalue weighted by atomic mass is 16.2. The smallest absolute Gasteiger partial charge is 0.254 e. The van der Waals surface area contributed by atoms with Crippen molar-refractivity contribution in [1.29, 1.82) is 0 Å². The highest BCUT2D eigenvalue weighted by Crippen LogP contribution is 2.14. The second kappa shape index (κ2) is 7.22. The van der Waals surface area contributed by atoms with Crippen molar-refractivity contribution in [1.82, 2.24) is 9.80 Å². The van der Waals surface area contributed by atoms with Gasteiger partial charge in [0.05, 0.1) is 0 Å². The average Bonchev–Trinajstić information content (AvgIpc) is 2.73. The lowest BCUT2D eigenvalue weighted by atomic mass is 10.0. The molecule has 114 valence electrons. The highest BCUT2D eigenvalue weighted by Gasteiger charge is 2.22. The number of rotatable bonds is 3. The van der Waals surface area contributed by atoms with Crippen LogP contribution in [0.1, 0.15) is 29.3 Å². The lowest BCUT2D eigenvalue weighted by Crippen LogP contribution is -2.37. The summed E-state index contributed by atoms with van der Waals surface area (Å²) in [4.78, 5) is 27.8. The molecule has 0 saturated carbocycles. The number of carbonyl (C=O) groups is 2. The Bertz CT molecular complexity index is 516. The summed E-state index contributed by atoms with van der Waals surface area (Å²) in [6.07, 6.45) is 1.53. The van der Waals surface area contributed by atoms with E-state index in [9.17, 15) is 9.59 Å². The summed E-state index contributed by atoms with van der Waals surface area (Å²) in [5.41, 5.74) is 7.35. The first kappa shape index (κ1) is 15.5. The van der Waals surface area contributed by atoms with Crippen LogP contribution < -0.4 is 5.73 Å². The van der Waals surface area contributed by atoms with Crippen LogP contribution in [-0.2, 0) is 11.2 Å². The molecule has 1 aromatic rings. The van der Waals surface area contributed by atoms with Gasteiger partial charge in [-0.05, 0) is 31.0 Å². The van der Waals surface area contributed by atoms with E-state index in [0.717, 1.165) is 24.1 Å². The third kappa shape index (κ3) is 3.82. The van der Waals surface area contributed by atoms with Crippen LogP contribution in [0.25, 0.3) is 0 Å². The van der Waals surface area contributed by atoms with Gasteiger partial charge in [-0.1, -0.05) is 18.2 Å². The van der Waals surface area contributed by atoms with Crippen molar-refractivity contribution in [3.8, 4) is 0 Å². The molecule has 1 aliphatic heterocycles. The van der Waals surface area contributed by atoms with E-state index < -0.39 is 0 Å². The fraction of sp³-hybridized carbons (Fsp3) is 0.500. The van der Waals surface area contributed by atoms with Crippen molar-refractivity contribution in [2.45, 2.75) is 19.8 Å². The van der Waals surface area contributed by atoms with Crippen molar-refractivity contribution in [3.63, 3.8) is 0 Å². The first-order valence-corrected chi connectivity index (χ1v) is 7.46. The predicted octanol–water partition coefficient (Wildman–Crippen LogP) is 0.882. The Morgan fingerprint density at radius 3 is 2.48 bits per heavy atom. The summed E-state index contributed by atoms with van der Waals surface area (Å²) in [5.74, 6) is 0.122. The first-order chi connectivity index (χ1) is 10.1. The van der Waals surface area contributed by atoms with Crippen LogP contribution in [-0.4, -0.2) is 54.3 Å². The third-order valence-electron chi connectivity index (χ3n) is 3.89. The molecular formula is C16H23N3O2. The molecule has 0 aromatic heterocycles. The summed E-state index contributed by atoms with van der Waals surface area (Å²) in [6.45, 7) is 4.73. The van der Waals surface area contributed by atoms with Crippen LogP contribution in [0, 0.1) is 0 Å². The monoisotopic (exact) mass is 289 g/mol. The summed E-state index contributed by atoms with van der Waals surface area (Å²) in [6, 6.07) is 7.63. The molecule has 1 saturated heterocycles. The van der Waals surface area contributed by atoms with Crippen molar-refractivity contribution in [2.75, 3.05) is 32.7 Å². The lowest BCUT2D eigenvalue weighted by molar-refractivity contribution is -0.128. The van der Waals surface area contributed by atoms with Crippen LogP contribution in [0.4, 0.5) is 0 Å². The molecule has 2 N–H and O–H groups in total. The Morgan fingerprint density at radius 1 is 1.10 bits per heavy atom. The Hall–Kier alpha value is -1.88. The van der Waals surface area contributed by atoms with E-state index in [4.69, 9.17) is 5.73 Å². The minimum absolute atomic E-state index is 0.0458. The van der Waals surface area contributed by atoms with Gasteiger partial charge in [0.25, 0.3) is 5.91 Å². The topological polar surface area (TPSA) is 66.6 Å². The normalized spacial score (nSPS) is 15.7. The minimum atomic E-state index is 0.0458. The Morgan fingerprint density at radius 2 is 1.76 bits per heavy atom. The number of nitrogens with two attached hydrogens (primary N) is 1. The molecule has 0 bridgehead atoms. The van der Waals surface area contributed by atoms with Gasteiger partial charge >= 0.3 is 0 Å². The molecule has 0 spiro atoms. The van der Waals surface area contributed by atoms with Gasteiger partial charge in [-0.3, -0.25) is 9.59 Å². The molecule has 1 fully saturated rings. The quantitative estimate of drug-likeness (QED) is 0.898. The van der Waals surface area contributed by atoms with Crippen LogP contribution in [0.5, 0.6) is 0 Å². The van der Waals surface area contributed by atoms with Gasteiger partial charge in [0.1, 0.15) is 0 Å². The molecule has 21 heavy (non-hydrogen) atoms. The third-order valence-corrected chi connectivity index (χ3v) is 3.89. The van der Waals surface area contributed by atoms with Crippen molar-refractivity contribution in [2.24, 2.45) is 5.73 Å². The number of hydrogen-bond acceptors (Lipinski definition) is 3. The second-order valence-corrected chi connectivity index (χ2v) is 5.35. The van der Waals surface area contributed by atoms with Crippen LogP contribution in [0.3, 0.4) is 0 Å². The van der Waals surface area contributed by atoms with Gasteiger partial charge in [-0.15, -0.1) is 0 Å². The molecule has 0 unspecified atom stereocenters. The minimum Gasteiger partial charge on any atom is -0.341 e. The van der Waals surface area contributed by atoms with Gasteiger partial charge in [-0.2, -0.15) is 0 Å². The molecule has 5 nitrogen and oxygen atoms in total.